The van der Waals surface area contributed by atoms with Crippen molar-refractivity contribution in [3.63, 3.8) is 0 Å². The van der Waals surface area contributed by atoms with E-state index < -0.39 is 0 Å². The van der Waals surface area contributed by atoms with Crippen LogP contribution in [0.4, 0.5) is 0 Å². The lowest BCUT2D eigenvalue weighted by Gasteiger charge is -2.34. The van der Waals surface area contributed by atoms with E-state index in [0.717, 1.165) is 48.3 Å². The molecule has 4 rings (SSSR count). The van der Waals surface area contributed by atoms with E-state index in [-0.39, 0.29) is 30.5 Å². The topological polar surface area (TPSA) is 88.8 Å². The molecule has 1 aliphatic carbocycles. The van der Waals surface area contributed by atoms with Crippen LogP contribution in [0.25, 0.3) is 0 Å². The predicted octanol–water partition coefficient (Wildman–Crippen LogP) is 3.21. The summed E-state index contributed by atoms with van der Waals surface area (Å²) < 4.78 is 11.5. The molecule has 0 aromatic carbocycles. The number of hydrogen-bond donors (Lipinski definition) is 0. The first-order valence-corrected chi connectivity index (χ1v) is 12.0. The zero-order valence-corrected chi connectivity index (χ0v) is 19.7. The fourth-order valence-electron chi connectivity index (χ4n) is 4.93. The van der Waals surface area contributed by atoms with E-state index >= 15 is 0 Å². The maximum atomic E-state index is 13.2. The Bertz CT molecular complexity index is 920. The molecule has 8 nitrogen and oxygen atoms in total. The number of nitrogens with zero attached hydrogens (tertiary/aromatic N) is 4. The summed E-state index contributed by atoms with van der Waals surface area (Å²) in [6.45, 7) is 5.21. The summed E-state index contributed by atoms with van der Waals surface area (Å²) in [4.78, 5) is 34.2. The molecule has 8 heteroatoms. The van der Waals surface area contributed by atoms with Crippen molar-refractivity contribution in [2.24, 2.45) is 0 Å². The second-order valence-electron chi connectivity index (χ2n) is 9.21. The first-order valence-electron chi connectivity index (χ1n) is 12.0. The maximum absolute atomic E-state index is 13.2. The Balaban J connectivity index is 1.45. The molecule has 2 aliphatic rings. The van der Waals surface area contributed by atoms with Crippen LogP contribution in [-0.2, 0) is 27.4 Å². The monoisotopic (exact) mass is 454 g/mol. The third kappa shape index (κ3) is 5.99. The highest BCUT2D eigenvalue weighted by atomic mass is 16.5. The predicted molar refractivity (Wildman–Crippen MR) is 122 cm³/mol. The van der Waals surface area contributed by atoms with Crippen LogP contribution in [0.2, 0.25) is 0 Å². The molecular weight excluding hydrogens is 420 g/mol. The van der Waals surface area contributed by atoms with Crippen LogP contribution in [0.3, 0.4) is 0 Å². The van der Waals surface area contributed by atoms with Gasteiger partial charge in [-0.2, -0.15) is 0 Å². The van der Waals surface area contributed by atoms with Crippen molar-refractivity contribution >= 4 is 11.8 Å². The van der Waals surface area contributed by atoms with Crippen LogP contribution in [0, 0.1) is 13.8 Å². The minimum atomic E-state index is -0.235. The molecule has 0 radical (unpaired) electrons. The molecule has 178 valence electrons. The lowest BCUT2D eigenvalue weighted by atomic mass is 9.94. The number of ether oxygens (including phenoxy) is 1. The second-order valence-corrected chi connectivity index (χ2v) is 9.21. The smallest absolute Gasteiger partial charge is 0.242 e. The molecule has 1 unspecified atom stereocenters. The van der Waals surface area contributed by atoms with Gasteiger partial charge in [0.25, 0.3) is 0 Å². The number of rotatable bonds is 7. The fourth-order valence-corrected chi connectivity index (χ4v) is 4.93. The molecule has 0 N–H and O–H groups in total. The van der Waals surface area contributed by atoms with Crippen molar-refractivity contribution in [3.05, 3.63) is 47.1 Å². The molecule has 33 heavy (non-hydrogen) atoms. The zero-order chi connectivity index (χ0) is 23.2. The van der Waals surface area contributed by atoms with Crippen LogP contribution in [0.1, 0.15) is 61.1 Å². The minimum absolute atomic E-state index is 0.0278. The van der Waals surface area contributed by atoms with Gasteiger partial charge in [0, 0.05) is 43.5 Å². The lowest BCUT2D eigenvalue weighted by Crippen LogP contribution is -2.46. The molecule has 0 bridgehead atoms. The van der Waals surface area contributed by atoms with Gasteiger partial charge in [0.05, 0.1) is 24.9 Å². The van der Waals surface area contributed by atoms with Crippen molar-refractivity contribution in [1.82, 2.24) is 19.9 Å². The van der Waals surface area contributed by atoms with E-state index in [1.807, 2.05) is 30.9 Å². The Hall–Kier alpha value is -2.74. The standard InChI is InChI=1S/C25H34N4O4/c1-18-23(19(2)33-27-18)10-11-24(30)28-14-22(32-17-20-7-6-12-26-13-20)15-29(25(31)16-28)21-8-4-3-5-9-21/h6-7,12-13,21-22H,3-5,8-11,14-17H2,1-2H3. The van der Waals surface area contributed by atoms with Crippen LogP contribution < -0.4 is 0 Å². The molecule has 2 amide bonds. The quantitative estimate of drug-likeness (QED) is 0.638. The van der Waals surface area contributed by atoms with Gasteiger partial charge in [-0.1, -0.05) is 30.5 Å². The summed E-state index contributed by atoms with van der Waals surface area (Å²) in [5.74, 6) is 0.734. The van der Waals surface area contributed by atoms with E-state index in [1.54, 1.807) is 17.3 Å². The molecule has 1 atom stereocenters. The van der Waals surface area contributed by atoms with Crippen molar-refractivity contribution in [2.75, 3.05) is 19.6 Å². The normalized spacial score (nSPS) is 20.2. The van der Waals surface area contributed by atoms with Gasteiger partial charge in [-0.3, -0.25) is 14.6 Å². The molecule has 0 spiro atoms. The SMILES string of the molecule is Cc1noc(C)c1CCC(=O)N1CC(=O)N(C2CCCCC2)CC(OCc2cccnc2)C1. The van der Waals surface area contributed by atoms with Gasteiger partial charge < -0.3 is 19.1 Å². The van der Waals surface area contributed by atoms with Crippen LogP contribution in [-0.4, -0.2) is 63.5 Å². The number of hydrogen-bond acceptors (Lipinski definition) is 6. The van der Waals surface area contributed by atoms with Crippen molar-refractivity contribution < 1.29 is 18.8 Å². The lowest BCUT2D eigenvalue weighted by molar-refractivity contribution is -0.140. The van der Waals surface area contributed by atoms with Crippen LogP contribution >= 0.6 is 0 Å². The number of carbonyl (C=O) groups is 2. The van der Waals surface area contributed by atoms with Crippen LogP contribution in [0.5, 0.6) is 0 Å². The number of carbonyl (C=O) groups excluding carboxylic acids is 2. The molecule has 2 aromatic heterocycles. The summed E-state index contributed by atoms with van der Waals surface area (Å²) in [5.41, 5.74) is 2.76. The minimum Gasteiger partial charge on any atom is -0.370 e. The van der Waals surface area contributed by atoms with Gasteiger partial charge in [-0.05, 0) is 44.7 Å². The van der Waals surface area contributed by atoms with E-state index in [9.17, 15) is 9.59 Å². The number of pyridine rings is 1. The number of aromatic nitrogens is 2. The summed E-state index contributed by atoms with van der Waals surface area (Å²) in [6.07, 6.45) is 9.74. The fraction of sp³-hybridized carbons (Fsp3) is 0.600. The van der Waals surface area contributed by atoms with Gasteiger partial charge >= 0.3 is 0 Å². The van der Waals surface area contributed by atoms with Crippen LogP contribution in [0.15, 0.2) is 29.0 Å². The molecule has 1 saturated carbocycles. The number of aryl methyl sites for hydroxylation is 2. The average molecular weight is 455 g/mol. The summed E-state index contributed by atoms with van der Waals surface area (Å²) >= 11 is 0. The Morgan fingerprint density at radius 2 is 2.03 bits per heavy atom. The summed E-state index contributed by atoms with van der Waals surface area (Å²) in [7, 11) is 0. The highest BCUT2D eigenvalue weighted by Crippen LogP contribution is 2.25. The van der Waals surface area contributed by atoms with Gasteiger partial charge in [-0.15, -0.1) is 0 Å². The largest absolute Gasteiger partial charge is 0.370 e. The van der Waals surface area contributed by atoms with Gasteiger partial charge in [0.15, 0.2) is 0 Å². The van der Waals surface area contributed by atoms with E-state index in [4.69, 9.17) is 9.26 Å². The second kappa shape index (κ2) is 10.9. The van der Waals surface area contributed by atoms with Crippen molar-refractivity contribution in [3.8, 4) is 0 Å². The Morgan fingerprint density at radius 3 is 2.73 bits per heavy atom. The van der Waals surface area contributed by atoms with Crippen molar-refractivity contribution in [1.29, 1.82) is 0 Å². The Morgan fingerprint density at radius 1 is 1.21 bits per heavy atom. The van der Waals surface area contributed by atoms with Gasteiger partial charge in [0.2, 0.25) is 11.8 Å². The maximum Gasteiger partial charge on any atom is 0.242 e. The molecule has 1 aliphatic heterocycles. The van der Waals surface area contributed by atoms with E-state index in [1.165, 1.54) is 6.42 Å². The van der Waals surface area contributed by atoms with E-state index in [2.05, 4.69) is 10.1 Å². The molecule has 2 aromatic rings. The third-order valence-corrected chi connectivity index (χ3v) is 6.82. The highest BCUT2D eigenvalue weighted by Gasteiger charge is 2.34. The number of amides is 2. The summed E-state index contributed by atoms with van der Waals surface area (Å²) in [6, 6.07) is 4.10. The van der Waals surface area contributed by atoms with E-state index in [0.29, 0.717) is 32.5 Å². The molecule has 3 heterocycles. The first-order chi connectivity index (χ1) is 16.0. The third-order valence-electron chi connectivity index (χ3n) is 6.82. The molecular formula is C25H34N4O4. The van der Waals surface area contributed by atoms with Gasteiger partial charge in [-0.25, -0.2) is 0 Å². The Labute approximate surface area is 195 Å². The van der Waals surface area contributed by atoms with Gasteiger partial charge in [0.1, 0.15) is 5.76 Å². The Kier molecular flexibility index (Phi) is 7.75. The zero-order valence-electron chi connectivity index (χ0n) is 19.7. The first kappa shape index (κ1) is 23.4. The average Bonchev–Trinajstić information content (AvgIpc) is 3.05. The molecule has 2 fully saturated rings. The molecule has 1 saturated heterocycles. The summed E-state index contributed by atoms with van der Waals surface area (Å²) in [5, 5.41) is 3.97. The highest BCUT2D eigenvalue weighted by molar-refractivity contribution is 5.85. The van der Waals surface area contributed by atoms with Crippen molar-refractivity contribution in [2.45, 2.75) is 77.5 Å².